The van der Waals surface area contributed by atoms with Crippen LogP contribution in [0.3, 0.4) is 0 Å². The van der Waals surface area contributed by atoms with E-state index in [1.54, 1.807) is 36.4 Å². The predicted molar refractivity (Wildman–Crippen MR) is 123 cm³/mol. The van der Waals surface area contributed by atoms with Gasteiger partial charge in [0.15, 0.2) is 5.13 Å². The van der Waals surface area contributed by atoms with Gasteiger partial charge in [-0.05, 0) is 56.3 Å². The molecule has 9 heteroatoms. The Labute approximate surface area is 186 Å². The second-order valence-electron chi connectivity index (χ2n) is 7.43. The molecule has 2 heterocycles. The highest BCUT2D eigenvalue weighted by Crippen LogP contribution is 2.21. The summed E-state index contributed by atoms with van der Waals surface area (Å²) in [5, 5.41) is 5.31. The Kier molecular flexibility index (Phi) is 6.64. The van der Waals surface area contributed by atoms with Crippen molar-refractivity contribution in [1.29, 1.82) is 0 Å². The molecule has 1 aliphatic heterocycles. The quantitative estimate of drug-likeness (QED) is 0.556. The molecule has 1 fully saturated rings. The molecule has 0 spiro atoms. The van der Waals surface area contributed by atoms with Crippen LogP contribution in [0.5, 0.6) is 0 Å². The Bertz CT molecular complexity index is 1140. The van der Waals surface area contributed by atoms with E-state index < -0.39 is 10.0 Å². The van der Waals surface area contributed by atoms with E-state index in [0.29, 0.717) is 16.4 Å². The van der Waals surface area contributed by atoms with Crippen LogP contribution in [0.2, 0.25) is 0 Å². The summed E-state index contributed by atoms with van der Waals surface area (Å²) in [4.78, 5) is 19.7. The van der Waals surface area contributed by atoms with Crippen LogP contribution in [0, 0.1) is 0 Å². The second-order valence-corrected chi connectivity index (χ2v) is 9.97. The van der Waals surface area contributed by atoms with Gasteiger partial charge in [0, 0.05) is 23.2 Å². The van der Waals surface area contributed by atoms with E-state index in [1.165, 1.54) is 48.8 Å². The number of aromatic nitrogens is 1. The van der Waals surface area contributed by atoms with Crippen molar-refractivity contribution in [2.75, 3.05) is 23.1 Å². The Morgan fingerprint density at radius 1 is 1.03 bits per heavy atom. The fourth-order valence-electron chi connectivity index (χ4n) is 3.49. The van der Waals surface area contributed by atoms with E-state index in [1.807, 2.05) is 5.38 Å². The summed E-state index contributed by atoms with van der Waals surface area (Å²) in [6.07, 6.45) is 3.73. The first-order valence-electron chi connectivity index (χ1n) is 10.2. The van der Waals surface area contributed by atoms with Crippen molar-refractivity contribution < 1.29 is 13.2 Å². The molecular formula is C22H24N4O3S2. The van der Waals surface area contributed by atoms with Gasteiger partial charge in [0.2, 0.25) is 0 Å². The molecule has 0 saturated carbocycles. The highest BCUT2D eigenvalue weighted by molar-refractivity contribution is 7.92. The van der Waals surface area contributed by atoms with Gasteiger partial charge in [0.25, 0.3) is 15.9 Å². The smallest absolute Gasteiger partial charge is 0.261 e. The van der Waals surface area contributed by atoms with Crippen molar-refractivity contribution in [3.63, 3.8) is 0 Å². The number of carbonyl (C=O) groups is 1. The second kappa shape index (κ2) is 9.59. The van der Waals surface area contributed by atoms with Gasteiger partial charge in [0.1, 0.15) is 0 Å². The first-order chi connectivity index (χ1) is 15.0. The average molecular weight is 457 g/mol. The molecule has 4 rings (SSSR count). The number of likely N-dealkylation sites (tertiary alicyclic amines) is 1. The number of amides is 1. The minimum atomic E-state index is -3.72. The summed E-state index contributed by atoms with van der Waals surface area (Å²) in [7, 11) is -3.72. The van der Waals surface area contributed by atoms with Crippen molar-refractivity contribution in [1.82, 2.24) is 9.88 Å². The van der Waals surface area contributed by atoms with E-state index in [4.69, 9.17) is 0 Å². The number of hydrogen-bond acceptors (Lipinski definition) is 6. The van der Waals surface area contributed by atoms with Gasteiger partial charge in [-0.3, -0.25) is 19.7 Å². The molecule has 1 aliphatic rings. The maximum Gasteiger partial charge on any atom is 0.261 e. The largest absolute Gasteiger partial charge is 0.298 e. The summed E-state index contributed by atoms with van der Waals surface area (Å²) in [6.45, 7) is 2.97. The number of nitrogens with zero attached hydrogens (tertiary/aromatic N) is 2. The molecule has 2 N–H and O–H groups in total. The lowest BCUT2D eigenvalue weighted by Crippen LogP contribution is -2.29. The van der Waals surface area contributed by atoms with Gasteiger partial charge in [-0.2, -0.15) is 0 Å². The van der Waals surface area contributed by atoms with E-state index >= 15 is 0 Å². The summed E-state index contributed by atoms with van der Waals surface area (Å²) in [5.41, 5.74) is 1.62. The third-order valence-electron chi connectivity index (χ3n) is 5.04. The van der Waals surface area contributed by atoms with Crippen LogP contribution >= 0.6 is 11.3 Å². The van der Waals surface area contributed by atoms with Gasteiger partial charge in [-0.25, -0.2) is 13.4 Å². The van der Waals surface area contributed by atoms with Crippen LogP contribution in [0.1, 0.15) is 35.3 Å². The number of piperidine rings is 1. The minimum Gasteiger partial charge on any atom is -0.298 e. The van der Waals surface area contributed by atoms with Gasteiger partial charge < -0.3 is 0 Å². The lowest BCUT2D eigenvalue weighted by Gasteiger charge is -2.25. The third-order valence-corrected chi connectivity index (χ3v) is 7.24. The van der Waals surface area contributed by atoms with E-state index in [9.17, 15) is 13.2 Å². The number of nitrogens with one attached hydrogen (secondary N) is 2. The molecule has 31 heavy (non-hydrogen) atoms. The molecule has 2 aromatic carbocycles. The minimum absolute atomic E-state index is 0.161. The fraction of sp³-hybridized carbons (Fsp3) is 0.273. The fourth-order valence-corrected chi connectivity index (χ4v) is 5.26. The number of carbonyl (C=O) groups excluding carboxylic acids is 1. The summed E-state index contributed by atoms with van der Waals surface area (Å²) in [6, 6.07) is 14.5. The van der Waals surface area contributed by atoms with Crippen LogP contribution in [0.4, 0.5) is 10.8 Å². The van der Waals surface area contributed by atoms with E-state index in [-0.39, 0.29) is 10.8 Å². The molecule has 3 aromatic rings. The Morgan fingerprint density at radius 2 is 1.81 bits per heavy atom. The van der Waals surface area contributed by atoms with Gasteiger partial charge in [0.05, 0.1) is 10.6 Å². The highest BCUT2D eigenvalue weighted by atomic mass is 32.2. The van der Waals surface area contributed by atoms with E-state index in [2.05, 4.69) is 19.9 Å². The molecular weight excluding hydrogens is 432 g/mol. The molecule has 0 radical (unpaired) electrons. The van der Waals surface area contributed by atoms with Crippen LogP contribution in [-0.4, -0.2) is 37.3 Å². The molecule has 1 aromatic heterocycles. The van der Waals surface area contributed by atoms with Crippen molar-refractivity contribution in [2.24, 2.45) is 0 Å². The average Bonchev–Trinajstić information content (AvgIpc) is 3.21. The third kappa shape index (κ3) is 5.69. The number of thiazole rings is 1. The zero-order valence-corrected chi connectivity index (χ0v) is 18.6. The number of rotatable bonds is 7. The van der Waals surface area contributed by atoms with Crippen molar-refractivity contribution in [3.05, 3.63) is 71.2 Å². The molecule has 7 nitrogen and oxygen atoms in total. The lowest BCUT2D eigenvalue weighted by atomic mass is 10.1. The van der Waals surface area contributed by atoms with Gasteiger partial charge in [-0.1, -0.05) is 30.7 Å². The molecule has 0 unspecified atom stereocenters. The maximum atomic E-state index is 12.7. The standard InChI is InChI=1S/C22H24N4O3S2/c27-21(24-22-23-19(16-30-22)15-26-12-5-2-6-13-26)17-8-7-9-18(14-17)25-31(28,29)20-10-3-1-4-11-20/h1,3-4,7-11,14,16,25H,2,5-6,12-13,15H2,(H,23,24,27). The van der Waals surface area contributed by atoms with Gasteiger partial charge >= 0.3 is 0 Å². The highest BCUT2D eigenvalue weighted by Gasteiger charge is 2.16. The van der Waals surface area contributed by atoms with E-state index in [0.717, 1.165) is 25.3 Å². The van der Waals surface area contributed by atoms with Crippen LogP contribution in [0.15, 0.2) is 64.9 Å². The van der Waals surface area contributed by atoms with Crippen LogP contribution < -0.4 is 10.0 Å². The van der Waals surface area contributed by atoms with Crippen LogP contribution in [0.25, 0.3) is 0 Å². The lowest BCUT2D eigenvalue weighted by molar-refractivity contribution is 0.102. The number of benzene rings is 2. The summed E-state index contributed by atoms with van der Waals surface area (Å²) < 4.78 is 27.5. The summed E-state index contributed by atoms with van der Waals surface area (Å²) in [5.74, 6) is -0.334. The monoisotopic (exact) mass is 456 g/mol. The van der Waals surface area contributed by atoms with Crippen molar-refractivity contribution in [2.45, 2.75) is 30.7 Å². The number of sulfonamides is 1. The predicted octanol–water partition coefficient (Wildman–Crippen LogP) is 4.18. The Hall–Kier alpha value is -2.75. The SMILES string of the molecule is O=C(Nc1nc(CN2CCCCC2)cs1)c1cccc(NS(=O)(=O)c2ccccc2)c1. The van der Waals surface area contributed by atoms with Crippen molar-refractivity contribution >= 4 is 38.1 Å². The molecule has 1 saturated heterocycles. The first-order valence-corrected chi connectivity index (χ1v) is 12.5. The Morgan fingerprint density at radius 3 is 2.58 bits per heavy atom. The zero-order valence-electron chi connectivity index (χ0n) is 17.0. The number of anilines is 2. The maximum absolute atomic E-state index is 12.7. The van der Waals surface area contributed by atoms with Crippen LogP contribution in [-0.2, 0) is 16.6 Å². The molecule has 0 aliphatic carbocycles. The summed E-state index contributed by atoms with van der Waals surface area (Å²) >= 11 is 1.39. The molecule has 0 atom stereocenters. The number of hydrogen-bond donors (Lipinski definition) is 2. The molecule has 0 bridgehead atoms. The normalized spacial score (nSPS) is 14.8. The molecule has 162 valence electrons. The zero-order chi connectivity index (χ0) is 21.7. The Balaban J connectivity index is 1.40. The van der Waals surface area contributed by atoms with Crippen molar-refractivity contribution in [3.8, 4) is 0 Å². The molecule has 1 amide bonds. The van der Waals surface area contributed by atoms with Gasteiger partial charge in [-0.15, -0.1) is 11.3 Å². The topological polar surface area (TPSA) is 91.4 Å². The first kappa shape index (κ1) is 21.5.